The molecule has 1 fully saturated rings. The van der Waals surface area contributed by atoms with Crippen molar-refractivity contribution in [3.05, 3.63) is 35.6 Å². The van der Waals surface area contributed by atoms with Crippen LogP contribution in [0.3, 0.4) is 0 Å². The third-order valence-electron chi connectivity index (χ3n) is 4.08. The molecule has 4 heteroatoms. The summed E-state index contributed by atoms with van der Waals surface area (Å²) in [6.07, 6.45) is 6.09. The molecule has 122 valence electrons. The first-order valence-electron chi connectivity index (χ1n) is 8.35. The number of Topliss-reactive ketones (excluding diaryl/α,β-unsaturated/α-hetero) is 1. The summed E-state index contributed by atoms with van der Waals surface area (Å²) >= 11 is 0. The van der Waals surface area contributed by atoms with Gasteiger partial charge in [0.05, 0.1) is 0 Å². The molecule has 1 atom stereocenters. The molecule has 1 aromatic rings. The highest BCUT2D eigenvalue weighted by atomic mass is 19.1. The summed E-state index contributed by atoms with van der Waals surface area (Å²) in [6, 6.07) is 5.80. The third-order valence-corrected chi connectivity index (χ3v) is 4.08. The van der Waals surface area contributed by atoms with Gasteiger partial charge in [-0.3, -0.25) is 9.69 Å². The molecule has 1 saturated heterocycles. The summed E-state index contributed by atoms with van der Waals surface area (Å²) in [6.45, 7) is 4.87. The van der Waals surface area contributed by atoms with Crippen LogP contribution in [0, 0.1) is 5.82 Å². The van der Waals surface area contributed by atoms with Crippen LogP contribution in [0.25, 0.3) is 0 Å². The Morgan fingerprint density at radius 1 is 1.32 bits per heavy atom. The number of carbonyl (C=O) groups is 1. The minimum atomic E-state index is -0.305. The number of ketones is 1. The van der Waals surface area contributed by atoms with Crippen molar-refractivity contribution in [1.82, 2.24) is 4.90 Å². The van der Waals surface area contributed by atoms with E-state index in [0.29, 0.717) is 12.0 Å². The van der Waals surface area contributed by atoms with E-state index in [4.69, 9.17) is 4.74 Å². The molecular formula is C18H26FNO2. The lowest BCUT2D eigenvalue weighted by Crippen LogP contribution is -2.42. The zero-order chi connectivity index (χ0) is 15.8. The largest absolute Gasteiger partial charge is 0.363 e. The molecular weight excluding hydrogens is 281 g/mol. The van der Waals surface area contributed by atoms with Gasteiger partial charge in [-0.2, -0.15) is 0 Å². The summed E-state index contributed by atoms with van der Waals surface area (Å²) in [7, 11) is 0. The van der Waals surface area contributed by atoms with Crippen LogP contribution < -0.4 is 0 Å². The number of hydrogen-bond donors (Lipinski definition) is 0. The third kappa shape index (κ3) is 5.18. The minimum absolute atomic E-state index is 0.0861. The monoisotopic (exact) mass is 307 g/mol. The number of nitrogens with zero attached hydrogens (tertiary/aromatic N) is 1. The molecule has 0 radical (unpaired) electrons. The second kappa shape index (κ2) is 9.01. The maximum Gasteiger partial charge on any atom is 0.162 e. The van der Waals surface area contributed by atoms with Crippen LogP contribution in [0.15, 0.2) is 24.3 Å². The minimum Gasteiger partial charge on any atom is -0.363 e. The molecule has 0 saturated carbocycles. The summed E-state index contributed by atoms with van der Waals surface area (Å²) in [4.78, 5) is 14.4. The number of halogens is 1. The van der Waals surface area contributed by atoms with E-state index in [9.17, 15) is 9.18 Å². The van der Waals surface area contributed by atoms with Gasteiger partial charge >= 0.3 is 0 Å². The number of piperidine rings is 1. The van der Waals surface area contributed by atoms with Gasteiger partial charge in [0, 0.05) is 31.7 Å². The van der Waals surface area contributed by atoms with Crippen LogP contribution in [-0.2, 0) is 4.74 Å². The Morgan fingerprint density at radius 2 is 2.09 bits per heavy atom. The fraction of sp³-hybridized carbons (Fsp3) is 0.611. The zero-order valence-corrected chi connectivity index (χ0v) is 13.4. The summed E-state index contributed by atoms with van der Waals surface area (Å²) in [5.74, 6) is -0.219. The van der Waals surface area contributed by atoms with Crippen molar-refractivity contribution in [3.63, 3.8) is 0 Å². The molecule has 22 heavy (non-hydrogen) atoms. The lowest BCUT2D eigenvalue weighted by atomic mass is 10.1. The van der Waals surface area contributed by atoms with Crippen molar-refractivity contribution in [1.29, 1.82) is 0 Å². The van der Waals surface area contributed by atoms with E-state index in [0.717, 1.165) is 39.0 Å². The van der Waals surface area contributed by atoms with Crippen LogP contribution in [-0.4, -0.2) is 36.6 Å². The maximum atomic E-state index is 12.9. The smallest absolute Gasteiger partial charge is 0.162 e. The van der Waals surface area contributed by atoms with E-state index in [-0.39, 0.29) is 17.8 Å². The molecule has 1 aliphatic heterocycles. The van der Waals surface area contributed by atoms with Crippen molar-refractivity contribution < 1.29 is 13.9 Å². The number of likely N-dealkylation sites (tertiary alicyclic amines) is 1. The quantitative estimate of drug-likeness (QED) is 0.679. The first kappa shape index (κ1) is 17.1. The second-order valence-electron chi connectivity index (χ2n) is 5.89. The summed E-state index contributed by atoms with van der Waals surface area (Å²) in [5.41, 5.74) is 0.596. The van der Waals surface area contributed by atoms with Crippen LogP contribution in [0.2, 0.25) is 0 Å². The van der Waals surface area contributed by atoms with Gasteiger partial charge in [0.2, 0.25) is 0 Å². The molecule has 1 heterocycles. The normalized spacial score (nSPS) is 19.3. The highest BCUT2D eigenvalue weighted by molar-refractivity contribution is 5.95. The summed E-state index contributed by atoms with van der Waals surface area (Å²) in [5, 5.41) is 0. The molecule has 1 unspecified atom stereocenters. The van der Waals surface area contributed by atoms with E-state index in [1.54, 1.807) is 12.1 Å². The van der Waals surface area contributed by atoms with Gasteiger partial charge in [-0.1, -0.05) is 6.92 Å². The molecule has 0 aromatic heterocycles. The standard InChI is InChI=1S/C18H26FNO2/c1-2-14-22-18-7-3-4-12-20(18)13-5-6-17(21)15-8-10-16(19)11-9-15/h8-11,18H,2-7,12-14H2,1H3. The molecule has 0 bridgehead atoms. The van der Waals surface area contributed by atoms with Crippen LogP contribution >= 0.6 is 0 Å². The SMILES string of the molecule is CCCOC1CCCCN1CCCC(=O)c1ccc(F)cc1. The van der Waals surface area contributed by atoms with E-state index in [2.05, 4.69) is 11.8 Å². The van der Waals surface area contributed by atoms with Crippen LogP contribution in [0.5, 0.6) is 0 Å². The van der Waals surface area contributed by atoms with Gasteiger partial charge in [-0.05, 0) is 56.4 Å². The van der Waals surface area contributed by atoms with Crippen LogP contribution in [0.1, 0.15) is 55.8 Å². The van der Waals surface area contributed by atoms with Gasteiger partial charge in [0.1, 0.15) is 12.0 Å². The van der Waals surface area contributed by atoms with Crippen molar-refractivity contribution in [2.75, 3.05) is 19.7 Å². The topological polar surface area (TPSA) is 29.5 Å². The van der Waals surface area contributed by atoms with E-state index >= 15 is 0 Å². The second-order valence-corrected chi connectivity index (χ2v) is 5.89. The van der Waals surface area contributed by atoms with E-state index < -0.39 is 0 Å². The number of rotatable bonds is 8. The Bertz CT molecular complexity index is 461. The zero-order valence-electron chi connectivity index (χ0n) is 13.4. The molecule has 0 amide bonds. The highest BCUT2D eigenvalue weighted by Gasteiger charge is 2.22. The molecule has 1 aliphatic rings. The fourth-order valence-corrected chi connectivity index (χ4v) is 2.88. The first-order chi connectivity index (χ1) is 10.7. The van der Waals surface area contributed by atoms with Gasteiger partial charge in [-0.15, -0.1) is 0 Å². The number of benzene rings is 1. The predicted octanol–water partition coefficient (Wildman–Crippen LogP) is 4.03. The molecule has 2 rings (SSSR count). The Labute approximate surface area is 132 Å². The molecule has 1 aromatic carbocycles. The Hall–Kier alpha value is -1.26. The van der Waals surface area contributed by atoms with Gasteiger partial charge < -0.3 is 4.74 Å². The fourth-order valence-electron chi connectivity index (χ4n) is 2.88. The average Bonchev–Trinajstić information content (AvgIpc) is 2.54. The van der Waals surface area contributed by atoms with Gasteiger partial charge in [0.25, 0.3) is 0 Å². The van der Waals surface area contributed by atoms with E-state index in [1.165, 1.54) is 25.0 Å². The lowest BCUT2D eigenvalue weighted by Gasteiger charge is -2.35. The Morgan fingerprint density at radius 3 is 2.82 bits per heavy atom. The van der Waals surface area contributed by atoms with Crippen molar-refractivity contribution in [2.24, 2.45) is 0 Å². The number of ether oxygens (including phenoxy) is 1. The molecule has 0 aliphatic carbocycles. The van der Waals surface area contributed by atoms with Crippen molar-refractivity contribution in [2.45, 2.75) is 51.7 Å². The lowest BCUT2D eigenvalue weighted by molar-refractivity contribution is -0.0796. The molecule has 0 N–H and O–H groups in total. The van der Waals surface area contributed by atoms with Crippen molar-refractivity contribution >= 4 is 5.78 Å². The maximum absolute atomic E-state index is 12.9. The van der Waals surface area contributed by atoms with Gasteiger partial charge in [-0.25, -0.2) is 4.39 Å². The van der Waals surface area contributed by atoms with Crippen molar-refractivity contribution in [3.8, 4) is 0 Å². The predicted molar refractivity (Wildman–Crippen MR) is 85.4 cm³/mol. The van der Waals surface area contributed by atoms with E-state index in [1.807, 2.05) is 0 Å². The Balaban J connectivity index is 1.76. The summed E-state index contributed by atoms with van der Waals surface area (Å²) < 4.78 is 18.8. The van der Waals surface area contributed by atoms with Gasteiger partial charge in [0.15, 0.2) is 5.78 Å². The first-order valence-corrected chi connectivity index (χ1v) is 8.35. The highest BCUT2D eigenvalue weighted by Crippen LogP contribution is 2.19. The molecule has 0 spiro atoms. The number of carbonyl (C=O) groups excluding carboxylic acids is 1. The number of hydrogen-bond acceptors (Lipinski definition) is 3. The Kier molecular flexibility index (Phi) is 7.00. The van der Waals surface area contributed by atoms with Crippen LogP contribution in [0.4, 0.5) is 4.39 Å². The molecule has 3 nitrogen and oxygen atoms in total. The average molecular weight is 307 g/mol.